The Labute approximate surface area is 224 Å². The van der Waals surface area contributed by atoms with Crippen molar-refractivity contribution in [1.29, 1.82) is 0 Å². The van der Waals surface area contributed by atoms with Gasteiger partial charge in [0.1, 0.15) is 18.0 Å². The average Bonchev–Trinajstić information content (AvgIpc) is 2.90. The monoisotopic (exact) mass is 544 g/mol. The molecule has 0 aromatic heterocycles. The molecule has 0 amide bonds. The fourth-order valence-electron chi connectivity index (χ4n) is 4.51. The number of hydrogen-bond donors (Lipinski definition) is 0. The molecule has 2 aromatic carbocycles. The Morgan fingerprint density at radius 3 is 2.24 bits per heavy atom. The van der Waals surface area contributed by atoms with Crippen molar-refractivity contribution in [2.75, 3.05) is 12.4 Å². The van der Waals surface area contributed by atoms with Crippen LogP contribution in [0.2, 0.25) is 0 Å². The van der Waals surface area contributed by atoms with Gasteiger partial charge in [-0.25, -0.2) is 0 Å². The number of esters is 2. The summed E-state index contributed by atoms with van der Waals surface area (Å²) in [5, 5.41) is 0. The summed E-state index contributed by atoms with van der Waals surface area (Å²) in [7, 11) is -1.51. The molecule has 2 saturated heterocycles. The van der Waals surface area contributed by atoms with E-state index in [-0.39, 0.29) is 37.6 Å². The highest BCUT2D eigenvalue weighted by Gasteiger charge is 2.55. The predicted molar refractivity (Wildman–Crippen MR) is 137 cm³/mol. The Morgan fingerprint density at radius 1 is 0.895 bits per heavy atom. The van der Waals surface area contributed by atoms with Crippen LogP contribution in [0, 0.1) is 0 Å². The summed E-state index contributed by atoms with van der Waals surface area (Å²) in [5.74, 6) is -1.23. The molecule has 2 aliphatic rings. The second-order valence-corrected chi connectivity index (χ2v) is 10.9. The van der Waals surface area contributed by atoms with Crippen molar-refractivity contribution in [2.45, 2.75) is 69.3 Å². The smallest absolute Gasteiger partial charge is 0.306 e. The van der Waals surface area contributed by atoms with Gasteiger partial charge in [-0.2, -0.15) is 0 Å². The highest BCUT2D eigenvalue weighted by atomic mass is 32.2. The van der Waals surface area contributed by atoms with Crippen molar-refractivity contribution < 1.29 is 42.3 Å². The lowest BCUT2D eigenvalue weighted by molar-refractivity contribution is -0.251. The van der Waals surface area contributed by atoms with Crippen molar-refractivity contribution in [3.63, 3.8) is 0 Å². The minimum absolute atomic E-state index is 0.00310. The van der Waals surface area contributed by atoms with E-state index in [1.165, 1.54) is 13.8 Å². The van der Waals surface area contributed by atoms with Crippen LogP contribution in [0.3, 0.4) is 0 Å². The van der Waals surface area contributed by atoms with E-state index in [4.69, 9.17) is 23.7 Å². The maximum atomic E-state index is 13.4. The molecular formula is C28H32O9S. The summed E-state index contributed by atoms with van der Waals surface area (Å²) in [6, 6.07) is 18.8. The first-order chi connectivity index (χ1) is 18.3. The Bertz CT molecular complexity index is 1120. The van der Waals surface area contributed by atoms with Crippen LogP contribution in [0.4, 0.5) is 0 Å². The number of carbonyl (C=O) groups is 3. The van der Waals surface area contributed by atoms with Crippen LogP contribution in [0.15, 0.2) is 60.7 Å². The molecular weight excluding hydrogens is 512 g/mol. The predicted octanol–water partition coefficient (Wildman–Crippen LogP) is 3.03. The summed E-state index contributed by atoms with van der Waals surface area (Å²) in [6.45, 7) is 2.91. The topological polar surface area (TPSA) is 114 Å². The van der Waals surface area contributed by atoms with E-state index in [0.29, 0.717) is 0 Å². The van der Waals surface area contributed by atoms with Gasteiger partial charge in [-0.3, -0.25) is 13.8 Å². The van der Waals surface area contributed by atoms with Gasteiger partial charge in [0.2, 0.25) is 0 Å². The summed E-state index contributed by atoms with van der Waals surface area (Å²) >= 11 is 0. The van der Waals surface area contributed by atoms with Gasteiger partial charge in [0, 0.05) is 13.3 Å². The second-order valence-electron chi connectivity index (χ2n) is 9.32. The number of carbonyl (C=O) groups excluding carboxylic acids is 3. The van der Waals surface area contributed by atoms with Gasteiger partial charge in [0.05, 0.1) is 42.3 Å². The third-order valence-electron chi connectivity index (χ3n) is 6.30. The van der Waals surface area contributed by atoms with Crippen LogP contribution in [-0.2, 0) is 55.5 Å². The molecule has 2 aromatic rings. The van der Waals surface area contributed by atoms with Gasteiger partial charge in [0.25, 0.3) is 0 Å². The fraction of sp³-hybridized carbons (Fsp3) is 0.464. The highest BCUT2D eigenvalue weighted by molar-refractivity contribution is 7.85. The third-order valence-corrected chi connectivity index (χ3v) is 7.83. The zero-order chi connectivity index (χ0) is 27.1. The number of fused-ring (bicyclic) bond motifs is 1. The van der Waals surface area contributed by atoms with Gasteiger partial charge in [-0.05, 0) is 18.1 Å². The van der Waals surface area contributed by atoms with Crippen molar-refractivity contribution in [3.05, 3.63) is 71.8 Å². The summed E-state index contributed by atoms with van der Waals surface area (Å²) in [6.07, 6.45) is -4.69. The fourth-order valence-corrected chi connectivity index (χ4v) is 6.05. The normalized spacial score (nSPS) is 28.6. The van der Waals surface area contributed by atoms with Gasteiger partial charge >= 0.3 is 11.9 Å². The Hall–Kier alpha value is -2.92. The zero-order valence-electron chi connectivity index (χ0n) is 21.4. The van der Waals surface area contributed by atoms with E-state index in [2.05, 4.69) is 0 Å². The molecule has 38 heavy (non-hydrogen) atoms. The van der Waals surface area contributed by atoms with Gasteiger partial charge in [-0.15, -0.1) is 0 Å². The van der Waals surface area contributed by atoms with Crippen molar-refractivity contribution in [3.8, 4) is 0 Å². The number of ketones is 1. The number of hydrogen-bond acceptors (Lipinski definition) is 9. The molecule has 0 N–H and O–H groups in total. The molecule has 2 fully saturated rings. The van der Waals surface area contributed by atoms with Gasteiger partial charge in [0.15, 0.2) is 17.6 Å². The first-order valence-corrected chi connectivity index (χ1v) is 13.9. The van der Waals surface area contributed by atoms with Gasteiger partial charge < -0.3 is 28.5 Å². The Morgan fingerprint density at radius 2 is 1.58 bits per heavy atom. The molecule has 0 bridgehead atoms. The first kappa shape index (κ1) is 28.1. The standard InChI is InChI=1S/C28H32O9S/c1-18(29)13-14-24(31)37-26-25(34-19(2)30)22(16-33-15-20-9-5-3-6-10-20)36-28-27(26)35-23(17-38(28)32)21-11-7-4-8-12-21/h3-12,22-23,25-28H,13-17H2,1-2H3/t22-,23-,25-,26+,27-,28+,38?/m1/s1. The van der Waals surface area contributed by atoms with E-state index >= 15 is 0 Å². The largest absolute Gasteiger partial charge is 0.456 e. The number of benzene rings is 2. The quantitative estimate of drug-likeness (QED) is 0.416. The molecule has 9 nitrogen and oxygen atoms in total. The van der Waals surface area contributed by atoms with Gasteiger partial charge in [-0.1, -0.05) is 60.7 Å². The lowest BCUT2D eigenvalue weighted by Gasteiger charge is -2.48. The van der Waals surface area contributed by atoms with E-state index in [1.807, 2.05) is 60.7 Å². The average molecular weight is 545 g/mol. The van der Waals surface area contributed by atoms with Crippen LogP contribution < -0.4 is 0 Å². The SMILES string of the molecule is CC(=O)CCC(=O)O[C@@H]1[C@H]2O[C@@H](c3ccccc3)CS(=O)[C@@H]2O[C@H](COCc2ccccc2)[C@H]1OC(C)=O. The van der Waals surface area contributed by atoms with E-state index in [9.17, 15) is 18.6 Å². The second kappa shape index (κ2) is 13.2. The summed E-state index contributed by atoms with van der Waals surface area (Å²) in [4.78, 5) is 36.3. The maximum absolute atomic E-state index is 13.4. The summed E-state index contributed by atoms with van der Waals surface area (Å²) in [5.41, 5.74) is 0.823. The first-order valence-electron chi connectivity index (χ1n) is 12.5. The third kappa shape index (κ3) is 7.35. The number of ether oxygens (including phenoxy) is 5. The van der Waals surface area contributed by atoms with Crippen LogP contribution in [-0.4, -0.2) is 64.1 Å². The molecule has 1 unspecified atom stereocenters. The molecule has 0 radical (unpaired) electrons. The van der Waals surface area contributed by atoms with Crippen molar-refractivity contribution in [1.82, 2.24) is 0 Å². The maximum Gasteiger partial charge on any atom is 0.306 e. The van der Waals surface area contributed by atoms with Crippen molar-refractivity contribution >= 4 is 28.5 Å². The number of Topliss-reactive ketones (excluding diaryl/α,β-unsaturated/α-hetero) is 1. The van der Waals surface area contributed by atoms with E-state index in [0.717, 1.165) is 11.1 Å². The summed E-state index contributed by atoms with van der Waals surface area (Å²) < 4.78 is 43.2. The minimum atomic E-state index is -1.51. The lowest BCUT2D eigenvalue weighted by atomic mass is 9.98. The van der Waals surface area contributed by atoms with Crippen LogP contribution in [0.1, 0.15) is 43.9 Å². The molecule has 7 atom stereocenters. The molecule has 204 valence electrons. The molecule has 0 aliphatic carbocycles. The molecule has 4 rings (SSSR count). The van der Waals surface area contributed by atoms with E-state index in [1.54, 1.807) is 0 Å². The lowest BCUT2D eigenvalue weighted by Crippen LogP contribution is -2.65. The molecule has 2 heterocycles. The van der Waals surface area contributed by atoms with Crippen molar-refractivity contribution in [2.24, 2.45) is 0 Å². The molecule has 2 aliphatic heterocycles. The van der Waals surface area contributed by atoms with Crippen LogP contribution in [0.5, 0.6) is 0 Å². The highest BCUT2D eigenvalue weighted by Crippen LogP contribution is 2.38. The number of rotatable bonds is 10. The Balaban J connectivity index is 1.59. The molecule has 0 saturated carbocycles. The Kier molecular flexibility index (Phi) is 9.79. The van der Waals surface area contributed by atoms with Crippen LogP contribution in [0.25, 0.3) is 0 Å². The molecule has 10 heteroatoms. The molecule has 0 spiro atoms. The van der Waals surface area contributed by atoms with E-state index < -0.39 is 58.7 Å². The van der Waals surface area contributed by atoms with Crippen LogP contribution >= 0.6 is 0 Å². The zero-order valence-corrected chi connectivity index (χ0v) is 22.2. The minimum Gasteiger partial charge on any atom is -0.456 e.